The van der Waals surface area contributed by atoms with Crippen LogP contribution in [0.3, 0.4) is 0 Å². The molecular formula is C14H28N2. The summed E-state index contributed by atoms with van der Waals surface area (Å²) in [6.45, 7) is 7.42. The highest BCUT2D eigenvalue weighted by Gasteiger charge is 2.26. The number of rotatable bonds is 5. The largest absolute Gasteiger partial charge is 0.316 e. The summed E-state index contributed by atoms with van der Waals surface area (Å²) in [5, 5.41) is 7.14. The van der Waals surface area contributed by atoms with Crippen molar-refractivity contribution in [1.29, 1.82) is 0 Å². The van der Waals surface area contributed by atoms with Gasteiger partial charge in [-0.25, -0.2) is 0 Å². The summed E-state index contributed by atoms with van der Waals surface area (Å²) in [5.41, 5.74) is 0.603. The van der Waals surface area contributed by atoms with Crippen molar-refractivity contribution in [2.24, 2.45) is 11.3 Å². The highest BCUT2D eigenvalue weighted by molar-refractivity contribution is 4.81. The van der Waals surface area contributed by atoms with Gasteiger partial charge in [-0.15, -0.1) is 0 Å². The second kappa shape index (κ2) is 6.02. The molecule has 0 amide bonds. The van der Waals surface area contributed by atoms with Crippen LogP contribution in [0.5, 0.6) is 0 Å². The first-order chi connectivity index (χ1) is 7.79. The van der Waals surface area contributed by atoms with Crippen LogP contribution in [0.1, 0.15) is 51.9 Å². The molecule has 1 unspecified atom stereocenters. The van der Waals surface area contributed by atoms with E-state index in [2.05, 4.69) is 17.6 Å². The zero-order chi connectivity index (χ0) is 11.3. The highest BCUT2D eigenvalue weighted by atomic mass is 14.9. The van der Waals surface area contributed by atoms with E-state index in [9.17, 15) is 0 Å². The van der Waals surface area contributed by atoms with Crippen LogP contribution >= 0.6 is 0 Å². The molecule has 0 aromatic heterocycles. The van der Waals surface area contributed by atoms with E-state index < -0.39 is 0 Å². The fourth-order valence-electron chi connectivity index (χ4n) is 3.24. The molecule has 0 bridgehead atoms. The summed E-state index contributed by atoms with van der Waals surface area (Å²) in [6, 6.07) is 0. The van der Waals surface area contributed by atoms with Crippen molar-refractivity contribution in [3.05, 3.63) is 0 Å². The Balaban J connectivity index is 1.56. The minimum atomic E-state index is 0.603. The van der Waals surface area contributed by atoms with Crippen molar-refractivity contribution in [2.75, 3.05) is 26.2 Å². The van der Waals surface area contributed by atoms with Gasteiger partial charge in [-0.1, -0.05) is 26.2 Å². The molecule has 2 fully saturated rings. The molecule has 1 saturated carbocycles. The van der Waals surface area contributed by atoms with Crippen LogP contribution in [0.15, 0.2) is 0 Å². The third kappa shape index (κ3) is 3.74. The van der Waals surface area contributed by atoms with E-state index in [1.807, 2.05) is 0 Å². The first-order valence-electron chi connectivity index (χ1n) is 7.20. The third-order valence-electron chi connectivity index (χ3n) is 4.50. The summed E-state index contributed by atoms with van der Waals surface area (Å²) in [5.74, 6) is 0.937. The molecule has 1 aliphatic heterocycles. The monoisotopic (exact) mass is 224 g/mol. The summed E-state index contributed by atoms with van der Waals surface area (Å²) < 4.78 is 0. The Bertz CT molecular complexity index is 191. The summed E-state index contributed by atoms with van der Waals surface area (Å²) in [4.78, 5) is 0. The maximum atomic E-state index is 3.69. The summed E-state index contributed by atoms with van der Waals surface area (Å²) in [7, 11) is 0. The first-order valence-corrected chi connectivity index (χ1v) is 7.20. The van der Waals surface area contributed by atoms with Gasteiger partial charge in [-0.05, 0) is 56.7 Å². The smallest absolute Gasteiger partial charge is 0.000516 e. The van der Waals surface area contributed by atoms with E-state index >= 15 is 0 Å². The van der Waals surface area contributed by atoms with Crippen molar-refractivity contribution in [3.8, 4) is 0 Å². The molecule has 94 valence electrons. The standard InChI is InChI=1S/C14H28N2/c1-14(7-3-2-4-8-14)12-16-10-6-13-5-9-15-11-13/h13,15-16H,2-12H2,1H3. The molecule has 1 heterocycles. The Kier molecular flexibility index (Phi) is 4.66. The maximum absolute atomic E-state index is 3.69. The predicted molar refractivity (Wildman–Crippen MR) is 69.7 cm³/mol. The lowest BCUT2D eigenvalue weighted by Gasteiger charge is -2.34. The van der Waals surface area contributed by atoms with Crippen LogP contribution in [0.2, 0.25) is 0 Å². The van der Waals surface area contributed by atoms with Crippen molar-refractivity contribution < 1.29 is 0 Å². The van der Waals surface area contributed by atoms with Gasteiger partial charge < -0.3 is 10.6 Å². The molecule has 2 rings (SSSR count). The molecule has 2 N–H and O–H groups in total. The Morgan fingerprint density at radius 2 is 2.06 bits per heavy atom. The van der Waals surface area contributed by atoms with Gasteiger partial charge in [-0.2, -0.15) is 0 Å². The van der Waals surface area contributed by atoms with E-state index in [-0.39, 0.29) is 0 Å². The minimum absolute atomic E-state index is 0.603. The topological polar surface area (TPSA) is 24.1 Å². The van der Waals surface area contributed by atoms with Gasteiger partial charge in [0.15, 0.2) is 0 Å². The van der Waals surface area contributed by atoms with Crippen molar-refractivity contribution in [1.82, 2.24) is 10.6 Å². The lowest BCUT2D eigenvalue weighted by Crippen LogP contribution is -2.34. The lowest BCUT2D eigenvalue weighted by molar-refractivity contribution is 0.207. The molecule has 2 aliphatic rings. The number of hydrogen-bond acceptors (Lipinski definition) is 2. The summed E-state index contributed by atoms with van der Waals surface area (Å²) >= 11 is 0. The average Bonchev–Trinajstić information content (AvgIpc) is 2.78. The number of hydrogen-bond donors (Lipinski definition) is 2. The van der Waals surface area contributed by atoms with E-state index in [1.165, 1.54) is 71.1 Å². The molecule has 0 radical (unpaired) electrons. The second-order valence-corrected chi connectivity index (χ2v) is 6.20. The van der Waals surface area contributed by atoms with Gasteiger partial charge in [-0.3, -0.25) is 0 Å². The van der Waals surface area contributed by atoms with Gasteiger partial charge in [0.05, 0.1) is 0 Å². The first kappa shape index (κ1) is 12.4. The number of nitrogens with one attached hydrogen (secondary N) is 2. The van der Waals surface area contributed by atoms with Crippen molar-refractivity contribution >= 4 is 0 Å². The van der Waals surface area contributed by atoms with Crippen LogP contribution < -0.4 is 10.6 Å². The van der Waals surface area contributed by atoms with Gasteiger partial charge in [0.2, 0.25) is 0 Å². The van der Waals surface area contributed by atoms with Crippen molar-refractivity contribution in [3.63, 3.8) is 0 Å². The molecule has 1 saturated heterocycles. The van der Waals surface area contributed by atoms with Gasteiger partial charge in [0.1, 0.15) is 0 Å². The van der Waals surface area contributed by atoms with Gasteiger partial charge in [0, 0.05) is 6.54 Å². The van der Waals surface area contributed by atoms with Crippen LogP contribution in [0.4, 0.5) is 0 Å². The Hall–Kier alpha value is -0.0800. The fraction of sp³-hybridized carbons (Fsp3) is 1.00. The molecular weight excluding hydrogens is 196 g/mol. The van der Waals surface area contributed by atoms with Gasteiger partial charge >= 0.3 is 0 Å². The van der Waals surface area contributed by atoms with Crippen LogP contribution in [0, 0.1) is 11.3 Å². The molecule has 2 heteroatoms. The van der Waals surface area contributed by atoms with E-state index in [1.54, 1.807) is 0 Å². The zero-order valence-electron chi connectivity index (χ0n) is 10.9. The molecule has 2 nitrogen and oxygen atoms in total. The summed E-state index contributed by atoms with van der Waals surface area (Å²) in [6.07, 6.45) is 9.98. The predicted octanol–water partition coefficient (Wildman–Crippen LogP) is 2.55. The Morgan fingerprint density at radius 1 is 1.25 bits per heavy atom. The second-order valence-electron chi connectivity index (χ2n) is 6.20. The quantitative estimate of drug-likeness (QED) is 0.701. The third-order valence-corrected chi connectivity index (χ3v) is 4.50. The zero-order valence-corrected chi connectivity index (χ0v) is 10.9. The maximum Gasteiger partial charge on any atom is 0.000516 e. The molecule has 16 heavy (non-hydrogen) atoms. The lowest BCUT2D eigenvalue weighted by atomic mass is 9.76. The van der Waals surface area contributed by atoms with E-state index in [4.69, 9.17) is 0 Å². The minimum Gasteiger partial charge on any atom is -0.316 e. The van der Waals surface area contributed by atoms with Crippen LogP contribution in [0.25, 0.3) is 0 Å². The Morgan fingerprint density at radius 3 is 2.75 bits per heavy atom. The molecule has 1 atom stereocenters. The van der Waals surface area contributed by atoms with E-state index in [0.29, 0.717) is 5.41 Å². The van der Waals surface area contributed by atoms with Crippen LogP contribution in [-0.2, 0) is 0 Å². The average molecular weight is 224 g/mol. The highest BCUT2D eigenvalue weighted by Crippen LogP contribution is 2.34. The SMILES string of the molecule is CC1(CNCCC2CCNC2)CCCCC1. The molecule has 0 aromatic rings. The van der Waals surface area contributed by atoms with E-state index in [0.717, 1.165) is 5.92 Å². The van der Waals surface area contributed by atoms with Crippen LogP contribution in [-0.4, -0.2) is 26.2 Å². The molecule has 0 spiro atoms. The van der Waals surface area contributed by atoms with Gasteiger partial charge in [0.25, 0.3) is 0 Å². The van der Waals surface area contributed by atoms with Crippen molar-refractivity contribution in [2.45, 2.75) is 51.9 Å². The normalized spacial score (nSPS) is 29.4. The Labute approximate surface area is 101 Å². The molecule has 1 aliphatic carbocycles. The molecule has 0 aromatic carbocycles. The fourth-order valence-corrected chi connectivity index (χ4v) is 3.24.